The molecule has 0 radical (unpaired) electrons. The molecule has 284 valence electrons. The molecule has 5 amide bonds. The monoisotopic (exact) mass is 702 g/mol. The maximum atomic E-state index is 14.2. The highest BCUT2D eigenvalue weighted by molar-refractivity contribution is 5.88. The predicted octanol–water partition coefficient (Wildman–Crippen LogP) is 5.80. The first-order valence-corrected chi connectivity index (χ1v) is 19.8. The van der Waals surface area contributed by atoms with Crippen LogP contribution in [0.3, 0.4) is 0 Å². The third kappa shape index (κ3) is 10.6. The summed E-state index contributed by atoms with van der Waals surface area (Å²) in [5.74, 6) is -0.188. The van der Waals surface area contributed by atoms with Crippen LogP contribution < -0.4 is 26.6 Å². The smallest absolute Gasteiger partial charge is 0.407 e. The molecule has 0 aromatic rings. The molecule has 0 heterocycles. The molecule has 5 N–H and O–H groups in total. The second-order valence-corrected chi connectivity index (χ2v) is 17.3. The van der Waals surface area contributed by atoms with E-state index in [1.165, 1.54) is 0 Å². The predicted molar refractivity (Wildman–Crippen MR) is 194 cm³/mol. The average molecular weight is 702 g/mol. The number of amides is 5. The van der Waals surface area contributed by atoms with Crippen molar-refractivity contribution in [3.05, 3.63) is 0 Å². The molecule has 11 heteroatoms. The van der Waals surface area contributed by atoms with Crippen molar-refractivity contribution in [2.75, 3.05) is 33.2 Å². The van der Waals surface area contributed by atoms with E-state index < -0.39 is 27.9 Å². The van der Waals surface area contributed by atoms with Gasteiger partial charge in [-0.25, -0.2) is 4.79 Å². The van der Waals surface area contributed by atoms with Crippen molar-refractivity contribution in [2.24, 2.45) is 21.7 Å². The van der Waals surface area contributed by atoms with Gasteiger partial charge in [-0.3, -0.25) is 19.2 Å². The lowest BCUT2D eigenvalue weighted by atomic mass is 9.69. The first-order chi connectivity index (χ1) is 23.8. The van der Waals surface area contributed by atoms with E-state index in [1.54, 1.807) is 7.05 Å². The maximum Gasteiger partial charge on any atom is 0.407 e. The Bertz CT molecular complexity index is 1170. The van der Waals surface area contributed by atoms with Gasteiger partial charge in [-0.1, -0.05) is 77.0 Å². The van der Waals surface area contributed by atoms with Crippen LogP contribution >= 0.6 is 0 Å². The summed E-state index contributed by atoms with van der Waals surface area (Å²) in [4.78, 5) is 67.3. The van der Waals surface area contributed by atoms with Crippen molar-refractivity contribution in [3.8, 4) is 0 Å². The Kier molecular flexibility index (Phi) is 14.0. The van der Waals surface area contributed by atoms with Gasteiger partial charge in [0.1, 0.15) is 5.60 Å². The van der Waals surface area contributed by atoms with Crippen LogP contribution in [0, 0.1) is 21.7 Å². The van der Waals surface area contributed by atoms with Gasteiger partial charge in [-0.05, 0) is 77.6 Å². The van der Waals surface area contributed by atoms with Crippen molar-refractivity contribution in [1.82, 2.24) is 26.6 Å². The van der Waals surface area contributed by atoms with Gasteiger partial charge >= 0.3 is 6.09 Å². The fraction of sp³-hybridized carbons (Fsp3) is 0.872. The van der Waals surface area contributed by atoms with Gasteiger partial charge in [0, 0.05) is 39.6 Å². The van der Waals surface area contributed by atoms with Gasteiger partial charge < -0.3 is 31.3 Å². The van der Waals surface area contributed by atoms with Crippen LogP contribution in [0.15, 0.2) is 0 Å². The molecular weight excluding hydrogens is 634 g/mol. The molecule has 4 rings (SSSR count). The molecule has 50 heavy (non-hydrogen) atoms. The van der Waals surface area contributed by atoms with Gasteiger partial charge in [-0.2, -0.15) is 0 Å². The molecule has 0 spiro atoms. The molecule has 0 aromatic carbocycles. The summed E-state index contributed by atoms with van der Waals surface area (Å²) < 4.78 is 5.45. The first kappa shape index (κ1) is 39.9. The molecule has 11 nitrogen and oxygen atoms in total. The lowest BCUT2D eigenvalue weighted by Gasteiger charge is -2.42. The van der Waals surface area contributed by atoms with E-state index in [4.69, 9.17) is 4.74 Å². The van der Waals surface area contributed by atoms with Gasteiger partial charge in [0.2, 0.25) is 23.6 Å². The average Bonchev–Trinajstić information content (AvgIpc) is 3.11. The van der Waals surface area contributed by atoms with Crippen LogP contribution in [0.5, 0.6) is 0 Å². The summed E-state index contributed by atoms with van der Waals surface area (Å²) in [6, 6.07) is 0. The largest absolute Gasteiger partial charge is 0.444 e. The van der Waals surface area contributed by atoms with E-state index in [0.717, 1.165) is 103 Å². The summed E-state index contributed by atoms with van der Waals surface area (Å²) in [5, 5.41) is 15.4. The summed E-state index contributed by atoms with van der Waals surface area (Å²) in [6.45, 7) is 6.65. The van der Waals surface area contributed by atoms with E-state index in [9.17, 15) is 24.0 Å². The number of alkyl carbamates (subject to hydrolysis) is 1. The van der Waals surface area contributed by atoms with E-state index in [2.05, 4.69) is 26.6 Å². The normalized spacial score (nSPS) is 22.6. The van der Waals surface area contributed by atoms with Crippen molar-refractivity contribution in [1.29, 1.82) is 0 Å². The first-order valence-electron chi connectivity index (χ1n) is 19.8. The van der Waals surface area contributed by atoms with Crippen LogP contribution in [-0.4, -0.2) is 68.5 Å². The maximum absolute atomic E-state index is 14.2. The summed E-state index contributed by atoms with van der Waals surface area (Å²) in [7, 11) is 1.67. The van der Waals surface area contributed by atoms with Gasteiger partial charge in [0.05, 0.1) is 16.2 Å². The number of carbonyl (C=O) groups is 5. The van der Waals surface area contributed by atoms with Gasteiger partial charge in [0.15, 0.2) is 0 Å². The number of rotatable bonds is 13. The molecule has 4 aliphatic rings. The molecule has 0 aromatic heterocycles. The summed E-state index contributed by atoms with van der Waals surface area (Å²) in [6.07, 6.45) is 17.9. The quantitative estimate of drug-likeness (QED) is 0.164. The number of hydrogen-bond donors (Lipinski definition) is 5. The summed E-state index contributed by atoms with van der Waals surface area (Å²) in [5.41, 5.74) is -3.02. The highest BCUT2D eigenvalue weighted by atomic mass is 16.6. The van der Waals surface area contributed by atoms with Gasteiger partial charge in [0.25, 0.3) is 0 Å². The molecule has 0 saturated heterocycles. The molecule has 4 saturated carbocycles. The Morgan fingerprint density at radius 3 is 1.20 bits per heavy atom. The van der Waals surface area contributed by atoms with Crippen LogP contribution in [0.4, 0.5) is 4.79 Å². The van der Waals surface area contributed by atoms with Crippen molar-refractivity contribution < 1.29 is 28.7 Å². The Morgan fingerprint density at radius 2 is 0.840 bits per heavy atom. The third-order valence-electron chi connectivity index (χ3n) is 12.4. The van der Waals surface area contributed by atoms with E-state index in [1.807, 2.05) is 20.8 Å². The second kappa shape index (κ2) is 17.6. The highest BCUT2D eigenvalue weighted by Gasteiger charge is 2.46. The number of carbonyl (C=O) groups excluding carboxylic acids is 5. The lowest BCUT2D eigenvalue weighted by molar-refractivity contribution is -0.138. The minimum Gasteiger partial charge on any atom is -0.444 e. The van der Waals surface area contributed by atoms with Crippen molar-refractivity contribution in [2.45, 2.75) is 161 Å². The number of hydrogen-bond acceptors (Lipinski definition) is 6. The van der Waals surface area contributed by atoms with Crippen LogP contribution in [0.1, 0.15) is 156 Å². The zero-order valence-electron chi connectivity index (χ0n) is 31.6. The Morgan fingerprint density at radius 1 is 0.500 bits per heavy atom. The molecule has 0 aliphatic heterocycles. The minimum absolute atomic E-state index is 0.0120. The standard InChI is InChI=1S/C39H67N5O6/c1-35(2,3)50-34(49)44-29-39(23-15-8-16-24-39)33(48)43-28-38(21-13-7-14-22-38)32(47)42-27-37(19-11-6-12-20-37)31(46)41-26-36(25-30(45)40-4)17-9-5-10-18-36/h5-29H2,1-4H3,(H,40,45)(H,41,46)(H,42,47)(H,43,48)(H,44,49). The molecule has 0 bridgehead atoms. The Balaban J connectivity index is 1.42. The zero-order valence-corrected chi connectivity index (χ0v) is 31.6. The fourth-order valence-electron chi connectivity index (χ4n) is 9.17. The van der Waals surface area contributed by atoms with Crippen LogP contribution in [0.25, 0.3) is 0 Å². The lowest BCUT2D eigenvalue weighted by Crippen LogP contribution is -2.57. The highest BCUT2D eigenvalue weighted by Crippen LogP contribution is 2.42. The van der Waals surface area contributed by atoms with E-state index >= 15 is 0 Å². The third-order valence-corrected chi connectivity index (χ3v) is 12.4. The van der Waals surface area contributed by atoms with Crippen molar-refractivity contribution in [3.63, 3.8) is 0 Å². The molecule has 0 atom stereocenters. The van der Waals surface area contributed by atoms with Crippen LogP contribution in [0.2, 0.25) is 0 Å². The fourth-order valence-corrected chi connectivity index (χ4v) is 9.17. The van der Waals surface area contributed by atoms with Gasteiger partial charge in [-0.15, -0.1) is 0 Å². The second-order valence-electron chi connectivity index (χ2n) is 17.3. The zero-order chi connectivity index (χ0) is 36.3. The Labute approximate surface area is 300 Å². The minimum atomic E-state index is -0.742. The molecule has 4 aliphatic carbocycles. The van der Waals surface area contributed by atoms with E-state index in [0.29, 0.717) is 38.6 Å². The molecule has 4 fully saturated rings. The number of nitrogens with one attached hydrogen (secondary N) is 5. The number of ether oxygens (including phenoxy) is 1. The summed E-state index contributed by atoms with van der Waals surface area (Å²) >= 11 is 0. The van der Waals surface area contributed by atoms with E-state index in [-0.39, 0.29) is 48.7 Å². The Hall–Kier alpha value is -2.85. The molecule has 0 unspecified atom stereocenters. The topological polar surface area (TPSA) is 155 Å². The van der Waals surface area contributed by atoms with Crippen LogP contribution in [-0.2, 0) is 23.9 Å². The molecular formula is C39H67N5O6. The van der Waals surface area contributed by atoms with Crippen molar-refractivity contribution >= 4 is 29.7 Å². The SMILES string of the molecule is CNC(=O)CC1(CNC(=O)C2(CNC(=O)C3(CNC(=O)C4(CNC(=O)OC(C)(C)C)CCCCC4)CCCCC3)CCCCC2)CCCCC1.